The zero-order chi connectivity index (χ0) is 40.9. The summed E-state index contributed by atoms with van der Waals surface area (Å²) in [5.41, 5.74) is 11.4. The molecule has 1 saturated heterocycles. The van der Waals surface area contributed by atoms with Gasteiger partial charge in [-0.3, -0.25) is 14.7 Å². The van der Waals surface area contributed by atoms with Crippen molar-refractivity contribution in [3.05, 3.63) is 124 Å². The molecule has 2 amide bonds. The lowest BCUT2D eigenvalue weighted by atomic mass is 10.0. The standard InChI is InChI=1S/C25H26FN7O2.C7H7BrFN.C7H6O2.C2H6/c1-14-6-15(2)30-16(7-14)9-32-18(12-34)10-33(25(32)35)17-4-5-19(21(26)8-17)20-11-31(3)24-22(20)23(27)28-13-29-24;1-10-5-2-3-6(8)7(9)4-5;8-6-9-7-4-2-1-3-5-7;1-2/h4-8,11,13,18,34H,9-10,12H2,1-3H3,(H2,27,28,29);2-4,10H,1H3;1-6H;1-2H3. The van der Waals surface area contributed by atoms with Crippen LogP contribution in [0.5, 0.6) is 5.75 Å². The average Bonchev–Trinajstić information content (AvgIpc) is 3.70. The highest BCUT2D eigenvalue weighted by Crippen LogP contribution is 2.36. The van der Waals surface area contributed by atoms with E-state index in [0.29, 0.717) is 44.5 Å². The van der Waals surface area contributed by atoms with Crippen LogP contribution in [0.25, 0.3) is 22.2 Å². The summed E-state index contributed by atoms with van der Waals surface area (Å²) in [6.45, 7) is 8.59. The molecule has 0 saturated carbocycles. The van der Waals surface area contributed by atoms with E-state index in [2.05, 4.69) is 40.9 Å². The minimum atomic E-state index is -0.499. The van der Waals surface area contributed by atoms with Crippen molar-refractivity contribution in [3.63, 3.8) is 0 Å². The van der Waals surface area contributed by atoms with Crippen LogP contribution in [0.3, 0.4) is 0 Å². The molecule has 1 aliphatic heterocycles. The third-order valence-electron chi connectivity index (χ3n) is 8.48. The molecule has 294 valence electrons. The normalized spacial score (nSPS) is 13.2. The van der Waals surface area contributed by atoms with Gasteiger partial charge >= 0.3 is 6.03 Å². The highest BCUT2D eigenvalue weighted by Gasteiger charge is 2.38. The minimum absolute atomic E-state index is 0.205. The third-order valence-corrected chi connectivity index (χ3v) is 9.12. The number of nitrogens with one attached hydrogen (secondary N) is 1. The summed E-state index contributed by atoms with van der Waals surface area (Å²) >= 11 is 3.06. The van der Waals surface area contributed by atoms with E-state index in [0.717, 1.165) is 22.6 Å². The average molecular weight is 832 g/mol. The van der Waals surface area contributed by atoms with Gasteiger partial charge in [-0.05, 0) is 96.0 Å². The second-order valence-corrected chi connectivity index (χ2v) is 13.2. The van der Waals surface area contributed by atoms with Crippen LogP contribution in [0, 0.1) is 25.5 Å². The smallest absolute Gasteiger partial charge is 0.325 e. The number of hydrogen-bond donors (Lipinski definition) is 3. The molecule has 0 spiro atoms. The van der Waals surface area contributed by atoms with Gasteiger partial charge in [-0.2, -0.15) is 0 Å². The number of carbonyl (C=O) groups excluding carboxylic acids is 2. The van der Waals surface area contributed by atoms with Crippen LogP contribution in [0.15, 0.2) is 95.9 Å². The van der Waals surface area contributed by atoms with Crippen molar-refractivity contribution in [2.45, 2.75) is 40.3 Å². The molecule has 0 aliphatic carbocycles. The number of halogens is 3. The summed E-state index contributed by atoms with van der Waals surface area (Å²) in [7, 11) is 3.56. The van der Waals surface area contributed by atoms with Crippen LogP contribution < -0.4 is 20.7 Å². The monoisotopic (exact) mass is 830 g/mol. The number of aryl methyl sites for hydroxylation is 3. The fraction of sp³-hybridized carbons (Fsp3) is 0.244. The van der Waals surface area contributed by atoms with Crippen molar-refractivity contribution in [1.29, 1.82) is 0 Å². The first kappa shape index (κ1) is 42.8. The van der Waals surface area contributed by atoms with Crippen LogP contribution in [-0.2, 0) is 18.4 Å². The maximum atomic E-state index is 15.4. The largest absolute Gasteiger partial charge is 0.429 e. The number of anilines is 3. The van der Waals surface area contributed by atoms with E-state index >= 15 is 4.39 Å². The Hall–Kier alpha value is -5.93. The lowest BCUT2D eigenvalue weighted by molar-refractivity contribution is -0.120. The molecule has 12 nitrogen and oxygen atoms in total. The molecule has 1 fully saturated rings. The summed E-state index contributed by atoms with van der Waals surface area (Å²) in [5, 5.41) is 13.4. The zero-order valence-electron chi connectivity index (χ0n) is 32.0. The number of aromatic nitrogens is 4. The molecule has 1 aliphatic rings. The van der Waals surface area contributed by atoms with Crippen LogP contribution in [0.1, 0.15) is 30.8 Å². The van der Waals surface area contributed by atoms with Gasteiger partial charge in [-0.1, -0.05) is 32.0 Å². The summed E-state index contributed by atoms with van der Waals surface area (Å²) in [6, 6.07) is 21.6. The summed E-state index contributed by atoms with van der Waals surface area (Å²) in [5.74, 6) is 0.102. The van der Waals surface area contributed by atoms with Gasteiger partial charge in [0, 0.05) is 48.5 Å². The van der Waals surface area contributed by atoms with Gasteiger partial charge in [-0.25, -0.2) is 23.5 Å². The van der Waals surface area contributed by atoms with Gasteiger partial charge in [0.2, 0.25) is 0 Å². The number of pyridine rings is 1. The quantitative estimate of drug-likeness (QED) is 0.130. The number of amides is 2. The van der Waals surface area contributed by atoms with Crippen molar-refractivity contribution in [3.8, 4) is 16.9 Å². The minimum Gasteiger partial charge on any atom is -0.429 e. The van der Waals surface area contributed by atoms with Crippen LogP contribution in [0.2, 0.25) is 0 Å². The number of benzene rings is 3. The predicted molar refractivity (Wildman–Crippen MR) is 219 cm³/mol. The molecule has 7 rings (SSSR count). The Bertz CT molecular complexity index is 2240. The van der Waals surface area contributed by atoms with Crippen molar-refractivity contribution in [2.24, 2.45) is 7.05 Å². The number of nitrogens with two attached hydrogens (primary N) is 1. The van der Waals surface area contributed by atoms with E-state index in [-0.39, 0.29) is 37.4 Å². The Balaban J connectivity index is 0.000000270. The molecule has 1 unspecified atom stereocenters. The number of para-hydroxylation sites is 1. The summed E-state index contributed by atoms with van der Waals surface area (Å²) in [4.78, 5) is 38.9. The van der Waals surface area contributed by atoms with Crippen LogP contribution in [0.4, 0.5) is 30.8 Å². The Kier molecular flexibility index (Phi) is 15.4. The number of aliphatic hydroxyl groups is 1. The number of urea groups is 1. The van der Waals surface area contributed by atoms with Gasteiger partial charge in [0.15, 0.2) is 0 Å². The first-order valence-electron chi connectivity index (χ1n) is 17.7. The first-order valence-corrected chi connectivity index (χ1v) is 18.5. The van der Waals surface area contributed by atoms with Gasteiger partial charge in [0.05, 0.1) is 41.3 Å². The molecule has 0 radical (unpaired) electrons. The Morgan fingerprint density at radius 3 is 2.36 bits per heavy atom. The molecule has 4 heterocycles. The zero-order valence-corrected chi connectivity index (χ0v) is 33.6. The van der Waals surface area contributed by atoms with Gasteiger partial charge in [-0.15, -0.1) is 0 Å². The predicted octanol–water partition coefficient (Wildman–Crippen LogP) is 8.05. The fourth-order valence-electron chi connectivity index (χ4n) is 5.98. The fourth-order valence-corrected chi connectivity index (χ4v) is 6.23. The summed E-state index contributed by atoms with van der Waals surface area (Å²) < 4.78 is 34.9. The molecule has 1 atom stereocenters. The third kappa shape index (κ3) is 10.4. The van der Waals surface area contributed by atoms with Gasteiger partial charge in [0.1, 0.15) is 35.2 Å². The second-order valence-electron chi connectivity index (χ2n) is 12.3. The van der Waals surface area contributed by atoms with Crippen LogP contribution >= 0.6 is 15.9 Å². The molecule has 6 aromatic rings. The summed E-state index contributed by atoms with van der Waals surface area (Å²) in [6.07, 6.45) is 3.13. The molecule has 15 heteroatoms. The van der Waals surface area contributed by atoms with Crippen molar-refractivity contribution < 1.29 is 28.2 Å². The first-order chi connectivity index (χ1) is 26.9. The number of carbonyl (C=O) groups is 2. The van der Waals surface area contributed by atoms with E-state index in [9.17, 15) is 19.1 Å². The van der Waals surface area contributed by atoms with E-state index in [1.807, 2.05) is 52.9 Å². The van der Waals surface area contributed by atoms with E-state index in [4.69, 9.17) is 5.73 Å². The van der Waals surface area contributed by atoms with Crippen molar-refractivity contribution in [2.75, 3.05) is 36.1 Å². The molecule has 3 aromatic heterocycles. The number of nitrogen functional groups attached to an aromatic ring is 1. The number of aliphatic hydroxyl groups excluding tert-OH is 1. The molecular formula is C41H45BrF2N8O4. The number of nitrogens with zero attached hydrogens (tertiary/aromatic N) is 6. The van der Waals surface area contributed by atoms with E-state index in [1.54, 1.807) is 71.2 Å². The Morgan fingerprint density at radius 2 is 1.73 bits per heavy atom. The lowest BCUT2D eigenvalue weighted by Gasteiger charge is -2.22. The van der Waals surface area contributed by atoms with Crippen LogP contribution in [-0.4, -0.2) is 68.3 Å². The number of ether oxygens (including phenoxy) is 1. The van der Waals surface area contributed by atoms with Gasteiger partial charge in [0.25, 0.3) is 6.47 Å². The van der Waals surface area contributed by atoms with Crippen molar-refractivity contribution in [1.82, 2.24) is 24.4 Å². The molecule has 0 bridgehead atoms. The molecule has 4 N–H and O–H groups in total. The number of rotatable bonds is 8. The number of hydrogen-bond acceptors (Lipinski definition) is 9. The lowest BCUT2D eigenvalue weighted by Crippen LogP contribution is -2.36. The maximum absolute atomic E-state index is 15.4. The Labute approximate surface area is 333 Å². The van der Waals surface area contributed by atoms with E-state index in [1.165, 1.54) is 23.4 Å². The SMILES string of the molecule is CC.CNc1ccc(Br)c(F)c1.Cc1cc(C)nc(CN2C(=O)N(c3ccc(-c4cn(C)c5ncnc(N)c45)c(F)c3)CC2CO)c1.O=COc1ccccc1. The maximum Gasteiger partial charge on any atom is 0.325 e. The number of fused-ring (bicyclic) bond motifs is 1. The highest BCUT2D eigenvalue weighted by molar-refractivity contribution is 9.10. The molecule has 56 heavy (non-hydrogen) atoms. The topological polar surface area (TPSA) is 152 Å². The molecule has 3 aromatic carbocycles. The van der Waals surface area contributed by atoms with Crippen molar-refractivity contribution >= 4 is 56.7 Å². The second kappa shape index (κ2) is 20.1. The van der Waals surface area contributed by atoms with E-state index < -0.39 is 11.9 Å². The highest BCUT2D eigenvalue weighted by atomic mass is 79.9. The molecular weight excluding hydrogens is 786 g/mol. The Morgan fingerprint density at radius 1 is 1.00 bits per heavy atom. The van der Waals surface area contributed by atoms with Gasteiger partial charge < -0.3 is 30.4 Å².